The first-order valence-corrected chi connectivity index (χ1v) is 7.04. The lowest BCUT2D eigenvalue weighted by Crippen LogP contribution is -1.98. The molecule has 2 rings (SSSR count). The number of rotatable bonds is 6. The number of carbonyl (C=O) groups excluding carboxylic acids is 1. The highest BCUT2D eigenvalue weighted by Gasteiger charge is 2.13. The quantitative estimate of drug-likeness (QED) is 0.481. The summed E-state index contributed by atoms with van der Waals surface area (Å²) in [5.74, 6) is 0.342. The molecule has 0 aromatic heterocycles. The van der Waals surface area contributed by atoms with Crippen LogP contribution in [0.25, 0.3) is 5.76 Å². The van der Waals surface area contributed by atoms with Gasteiger partial charge in [0.05, 0.1) is 26.9 Å². The first-order valence-electron chi connectivity index (χ1n) is 7.04. The summed E-state index contributed by atoms with van der Waals surface area (Å²) in [5.41, 5.74) is 0.442. The van der Waals surface area contributed by atoms with Crippen LogP contribution < -0.4 is 14.2 Å². The molecule has 0 spiro atoms. The van der Waals surface area contributed by atoms with E-state index in [4.69, 9.17) is 14.2 Å². The minimum Gasteiger partial charge on any atom is -0.507 e. The molecule has 0 aliphatic rings. The van der Waals surface area contributed by atoms with E-state index in [1.807, 2.05) is 0 Å². The Balaban J connectivity index is 2.32. The van der Waals surface area contributed by atoms with E-state index in [0.29, 0.717) is 22.8 Å². The largest absolute Gasteiger partial charge is 0.507 e. The lowest BCUT2D eigenvalue weighted by molar-refractivity contribution is 0.104. The SMILES string of the molecule is COc1ccc(C(=O)C=C(O)c2ccc(OC)c(OC)c2)c(O)c1. The van der Waals surface area contributed by atoms with Gasteiger partial charge in [-0.2, -0.15) is 0 Å². The number of hydrogen-bond donors (Lipinski definition) is 2. The lowest BCUT2D eigenvalue weighted by Gasteiger charge is -2.09. The second-order valence-corrected chi connectivity index (χ2v) is 4.85. The highest BCUT2D eigenvalue weighted by molar-refractivity contribution is 6.09. The molecule has 0 heterocycles. The van der Waals surface area contributed by atoms with Crippen LogP contribution in [-0.2, 0) is 0 Å². The Kier molecular flexibility index (Phi) is 5.31. The lowest BCUT2D eigenvalue weighted by atomic mass is 10.1. The summed E-state index contributed by atoms with van der Waals surface area (Å²) >= 11 is 0. The predicted molar refractivity (Wildman–Crippen MR) is 89.1 cm³/mol. The number of allylic oxidation sites excluding steroid dienone is 1. The average molecular weight is 330 g/mol. The van der Waals surface area contributed by atoms with Gasteiger partial charge in [-0.15, -0.1) is 0 Å². The molecule has 6 heteroatoms. The first-order chi connectivity index (χ1) is 11.5. The topological polar surface area (TPSA) is 85.2 Å². The van der Waals surface area contributed by atoms with Gasteiger partial charge >= 0.3 is 0 Å². The number of ether oxygens (including phenoxy) is 3. The number of carbonyl (C=O) groups is 1. The maximum atomic E-state index is 12.2. The Labute approximate surface area is 139 Å². The van der Waals surface area contributed by atoms with E-state index >= 15 is 0 Å². The highest BCUT2D eigenvalue weighted by Crippen LogP contribution is 2.30. The summed E-state index contributed by atoms with van der Waals surface area (Å²) in [6.07, 6.45) is 1.03. The van der Waals surface area contributed by atoms with Crippen molar-refractivity contribution in [3.8, 4) is 23.0 Å². The van der Waals surface area contributed by atoms with Crippen LogP contribution in [0.5, 0.6) is 23.0 Å². The monoisotopic (exact) mass is 330 g/mol. The number of ketones is 1. The van der Waals surface area contributed by atoms with Crippen LogP contribution in [0, 0.1) is 0 Å². The van der Waals surface area contributed by atoms with Gasteiger partial charge in [0.25, 0.3) is 0 Å². The van der Waals surface area contributed by atoms with Crippen molar-refractivity contribution in [3.05, 3.63) is 53.6 Å². The van der Waals surface area contributed by atoms with Gasteiger partial charge < -0.3 is 24.4 Å². The van der Waals surface area contributed by atoms with Crippen LogP contribution in [0.15, 0.2) is 42.5 Å². The first kappa shape index (κ1) is 17.2. The third-order valence-electron chi connectivity index (χ3n) is 3.42. The summed E-state index contributed by atoms with van der Waals surface area (Å²) in [7, 11) is 4.44. The molecule has 0 aliphatic carbocycles. The van der Waals surface area contributed by atoms with Crippen molar-refractivity contribution in [1.82, 2.24) is 0 Å². The molecule has 0 atom stereocenters. The fraction of sp³-hybridized carbons (Fsp3) is 0.167. The molecule has 0 aliphatic heterocycles. The summed E-state index contributed by atoms with van der Waals surface area (Å²) in [6, 6.07) is 9.06. The van der Waals surface area contributed by atoms with Crippen LogP contribution in [0.3, 0.4) is 0 Å². The van der Waals surface area contributed by atoms with Crippen molar-refractivity contribution < 1.29 is 29.2 Å². The number of phenols is 1. The van der Waals surface area contributed by atoms with Gasteiger partial charge in [0.2, 0.25) is 0 Å². The van der Waals surface area contributed by atoms with E-state index in [1.54, 1.807) is 24.3 Å². The van der Waals surface area contributed by atoms with Crippen molar-refractivity contribution in [2.45, 2.75) is 0 Å². The molecule has 2 aromatic rings. The van der Waals surface area contributed by atoms with Crippen LogP contribution in [-0.4, -0.2) is 37.3 Å². The number of benzene rings is 2. The predicted octanol–water partition coefficient (Wildman–Crippen LogP) is 3.20. The average Bonchev–Trinajstić information content (AvgIpc) is 2.60. The fourth-order valence-corrected chi connectivity index (χ4v) is 2.13. The van der Waals surface area contributed by atoms with E-state index in [0.717, 1.165) is 6.08 Å². The summed E-state index contributed by atoms with van der Waals surface area (Å²) in [5, 5.41) is 20.0. The summed E-state index contributed by atoms with van der Waals surface area (Å²) < 4.78 is 15.2. The molecule has 24 heavy (non-hydrogen) atoms. The Hall–Kier alpha value is -3.15. The van der Waals surface area contributed by atoms with Gasteiger partial charge in [0.1, 0.15) is 17.3 Å². The number of aromatic hydroxyl groups is 1. The molecule has 0 saturated heterocycles. The highest BCUT2D eigenvalue weighted by atomic mass is 16.5. The van der Waals surface area contributed by atoms with E-state index < -0.39 is 5.78 Å². The molecule has 2 N–H and O–H groups in total. The van der Waals surface area contributed by atoms with Crippen molar-refractivity contribution in [2.75, 3.05) is 21.3 Å². The van der Waals surface area contributed by atoms with Crippen molar-refractivity contribution in [1.29, 1.82) is 0 Å². The second-order valence-electron chi connectivity index (χ2n) is 4.85. The molecule has 0 amide bonds. The molecule has 6 nitrogen and oxygen atoms in total. The molecule has 126 valence electrons. The van der Waals surface area contributed by atoms with Crippen LogP contribution in [0.2, 0.25) is 0 Å². The Morgan fingerprint density at radius 3 is 2.25 bits per heavy atom. The minimum absolute atomic E-state index is 0.0582. The van der Waals surface area contributed by atoms with Gasteiger partial charge in [-0.3, -0.25) is 4.79 Å². The molecule has 2 aromatic carbocycles. The Bertz CT molecular complexity index is 779. The third kappa shape index (κ3) is 3.60. The second kappa shape index (κ2) is 7.41. The maximum Gasteiger partial charge on any atom is 0.193 e. The molecular formula is C18H18O6. The number of phenolic OH excluding ortho intramolecular Hbond substituents is 1. The Morgan fingerprint density at radius 2 is 1.67 bits per heavy atom. The number of aliphatic hydroxyl groups is 1. The zero-order chi connectivity index (χ0) is 17.7. The van der Waals surface area contributed by atoms with Crippen molar-refractivity contribution in [2.24, 2.45) is 0 Å². The van der Waals surface area contributed by atoms with Crippen molar-refractivity contribution >= 4 is 11.5 Å². The molecule has 0 unspecified atom stereocenters. The van der Waals surface area contributed by atoms with Gasteiger partial charge in [0, 0.05) is 17.7 Å². The summed E-state index contributed by atoms with van der Waals surface area (Å²) in [4.78, 5) is 12.2. The number of hydrogen-bond acceptors (Lipinski definition) is 6. The molecular weight excluding hydrogens is 312 g/mol. The zero-order valence-corrected chi connectivity index (χ0v) is 13.6. The zero-order valence-electron chi connectivity index (χ0n) is 13.6. The number of methoxy groups -OCH3 is 3. The van der Waals surface area contributed by atoms with Gasteiger partial charge in [-0.05, 0) is 30.3 Å². The fourth-order valence-electron chi connectivity index (χ4n) is 2.13. The van der Waals surface area contributed by atoms with Crippen LogP contribution >= 0.6 is 0 Å². The minimum atomic E-state index is -0.539. The van der Waals surface area contributed by atoms with E-state index in [2.05, 4.69) is 0 Å². The number of aliphatic hydroxyl groups excluding tert-OH is 1. The van der Waals surface area contributed by atoms with Crippen LogP contribution in [0.1, 0.15) is 15.9 Å². The van der Waals surface area contributed by atoms with Gasteiger partial charge in [-0.1, -0.05) is 0 Å². The maximum absolute atomic E-state index is 12.2. The standard InChI is InChI=1S/C18H18O6/c1-22-12-5-6-13(15(20)9-12)16(21)10-14(19)11-4-7-17(23-2)18(8-11)24-3/h4-10,19-20H,1-3H3. The third-order valence-corrected chi connectivity index (χ3v) is 3.42. The van der Waals surface area contributed by atoms with Gasteiger partial charge in [-0.25, -0.2) is 0 Å². The van der Waals surface area contributed by atoms with Crippen molar-refractivity contribution in [3.63, 3.8) is 0 Å². The van der Waals surface area contributed by atoms with Crippen LogP contribution in [0.4, 0.5) is 0 Å². The Morgan fingerprint density at radius 1 is 0.958 bits per heavy atom. The summed E-state index contributed by atoms with van der Waals surface area (Å²) in [6.45, 7) is 0. The van der Waals surface area contributed by atoms with Gasteiger partial charge in [0.15, 0.2) is 17.3 Å². The molecule has 0 radical (unpaired) electrons. The van der Waals surface area contributed by atoms with E-state index in [1.165, 1.54) is 33.5 Å². The molecule has 0 bridgehead atoms. The van der Waals surface area contributed by atoms with E-state index in [9.17, 15) is 15.0 Å². The molecule has 0 saturated carbocycles. The normalized spacial score (nSPS) is 11.0. The smallest absolute Gasteiger partial charge is 0.193 e. The molecule has 0 fully saturated rings. The van der Waals surface area contributed by atoms with E-state index in [-0.39, 0.29) is 17.1 Å².